The molecule has 0 bridgehead atoms. The minimum absolute atomic E-state index is 0.235. The first kappa shape index (κ1) is 11.4. The molecular formula is C11H13NO3. The first-order valence-electron chi connectivity index (χ1n) is 4.73. The lowest BCUT2D eigenvalue weighted by Crippen LogP contribution is -2.22. The molecule has 0 fully saturated rings. The van der Waals surface area contributed by atoms with Crippen molar-refractivity contribution in [2.45, 2.75) is 19.8 Å². The van der Waals surface area contributed by atoms with Gasteiger partial charge < -0.3 is 4.74 Å². The van der Waals surface area contributed by atoms with Gasteiger partial charge in [-0.3, -0.25) is 14.6 Å². The van der Waals surface area contributed by atoms with Crippen LogP contribution in [0.5, 0.6) is 0 Å². The summed E-state index contributed by atoms with van der Waals surface area (Å²) in [4.78, 5) is 26.7. The lowest BCUT2D eigenvalue weighted by Gasteiger charge is -2.11. The van der Waals surface area contributed by atoms with Crippen molar-refractivity contribution in [2.75, 3.05) is 6.61 Å². The standard InChI is InChI=1S/C11H13NO3/c1-3-15-11(14)10(8(2)13)9-5-4-6-12-7-9/h4-7,10H,3H2,1-2H3/t10-/m0/s1. The van der Waals surface area contributed by atoms with Gasteiger partial charge in [-0.2, -0.15) is 0 Å². The Kier molecular flexibility index (Phi) is 3.97. The molecule has 1 aromatic heterocycles. The third kappa shape index (κ3) is 2.87. The molecule has 80 valence electrons. The van der Waals surface area contributed by atoms with E-state index in [4.69, 9.17) is 4.74 Å². The molecule has 0 spiro atoms. The van der Waals surface area contributed by atoms with Gasteiger partial charge in [-0.05, 0) is 25.5 Å². The van der Waals surface area contributed by atoms with Crippen LogP contribution in [0.4, 0.5) is 0 Å². The Labute approximate surface area is 88.3 Å². The van der Waals surface area contributed by atoms with Crippen molar-refractivity contribution in [3.8, 4) is 0 Å². The summed E-state index contributed by atoms with van der Waals surface area (Å²) in [6.45, 7) is 3.34. The van der Waals surface area contributed by atoms with Gasteiger partial charge in [0.05, 0.1) is 6.61 Å². The van der Waals surface area contributed by atoms with E-state index < -0.39 is 11.9 Å². The first-order chi connectivity index (χ1) is 7.16. The molecule has 1 atom stereocenters. The number of aromatic nitrogens is 1. The molecule has 0 radical (unpaired) electrons. The molecule has 0 aliphatic heterocycles. The molecule has 0 saturated carbocycles. The molecule has 0 unspecified atom stereocenters. The largest absolute Gasteiger partial charge is 0.465 e. The van der Waals surface area contributed by atoms with E-state index in [1.807, 2.05) is 0 Å². The molecule has 1 aromatic rings. The smallest absolute Gasteiger partial charge is 0.321 e. The summed E-state index contributed by atoms with van der Waals surface area (Å²) in [6, 6.07) is 3.38. The van der Waals surface area contributed by atoms with Crippen molar-refractivity contribution < 1.29 is 14.3 Å². The number of Topliss-reactive ketones (excluding diaryl/α,β-unsaturated/α-hetero) is 1. The number of hydrogen-bond acceptors (Lipinski definition) is 4. The van der Waals surface area contributed by atoms with Gasteiger partial charge in [-0.25, -0.2) is 0 Å². The highest BCUT2D eigenvalue weighted by atomic mass is 16.5. The van der Waals surface area contributed by atoms with Crippen LogP contribution in [0.25, 0.3) is 0 Å². The van der Waals surface area contributed by atoms with E-state index in [0.29, 0.717) is 5.56 Å². The maximum Gasteiger partial charge on any atom is 0.321 e. The second-order valence-electron chi connectivity index (χ2n) is 3.08. The fraction of sp³-hybridized carbons (Fsp3) is 0.364. The molecule has 0 aliphatic rings. The number of pyridine rings is 1. The van der Waals surface area contributed by atoms with Gasteiger partial charge in [0.2, 0.25) is 0 Å². The molecule has 0 N–H and O–H groups in total. The van der Waals surface area contributed by atoms with E-state index in [1.165, 1.54) is 13.1 Å². The Hall–Kier alpha value is -1.71. The number of hydrogen-bond donors (Lipinski definition) is 0. The quantitative estimate of drug-likeness (QED) is 0.552. The van der Waals surface area contributed by atoms with E-state index in [0.717, 1.165) is 0 Å². The zero-order valence-corrected chi connectivity index (χ0v) is 8.77. The maximum absolute atomic E-state index is 11.5. The normalized spacial score (nSPS) is 11.9. The number of ether oxygens (including phenoxy) is 1. The summed E-state index contributed by atoms with van der Waals surface area (Å²) in [7, 11) is 0. The van der Waals surface area contributed by atoms with Crippen LogP contribution in [0.1, 0.15) is 25.3 Å². The average molecular weight is 207 g/mol. The highest BCUT2D eigenvalue weighted by molar-refractivity contribution is 6.03. The van der Waals surface area contributed by atoms with E-state index >= 15 is 0 Å². The number of rotatable bonds is 4. The summed E-state index contributed by atoms with van der Waals surface area (Å²) in [5, 5.41) is 0. The van der Waals surface area contributed by atoms with Crippen molar-refractivity contribution >= 4 is 11.8 Å². The van der Waals surface area contributed by atoms with Crippen molar-refractivity contribution in [1.29, 1.82) is 0 Å². The van der Waals surface area contributed by atoms with Gasteiger partial charge in [-0.1, -0.05) is 6.07 Å². The fourth-order valence-electron chi connectivity index (χ4n) is 1.31. The van der Waals surface area contributed by atoms with Crippen molar-refractivity contribution in [3.05, 3.63) is 30.1 Å². The van der Waals surface area contributed by atoms with Crippen LogP contribution in [0.15, 0.2) is 24.5 Å². The third-order valence-electron chi connectivity index (χ3n) is 1.95. The molecule has 0 saturated heterocycles. The van der Waals surface area contributed by atoms with Gasteiger partial charge >= 0.3 is 5.97 Å². The first-order valence-corrected chi connectivity index (χ1v) is 4.73. The Balaban J connectivity index is 2.94. The Morgan fingerprint density at radius 3 is 2.73 bits per heavy atom. The van der Waals surface area contributed by atoms with E-state index in [-0.39, 0.29) is 12.4 Å². The van der Waals surface area contributed by atoms with Gasteiger partial charge in [0.15, 0.2) is 0 Å². The predicted molar refractivity (Wildman–Crippen MR) is 54.3 cm³/mol. The SMILES string of the molecule is CCOC(=O)[C@@H](C(C)=O)c1cccnc1. The van der Waals surface area contributed by atoms with Crippen LogP contribution in [0, 0.1) is 0 Å². The topological polar surface area (TPSA) is 56.3 Å². The van der Waals surface area contributed by atoms with Crippen molar-refractivity contribution in [3.63, 3.8) is 0 Å². The average Bonchev–Trinajstić information content (AvgIpc) is 2.19. The highest BCUT2D eigenvalue weighted by Gasteiger charge is 2.26. The van der Waals surface area contributed by atoms with E-state index in [2.05, 4.69) is 4.98 Å². The Bertz CT molecular complexity index is 348. The molecular weight excluding hydrogens is 194 g/mol. The van der Waals surface area contributed by atoms with Crippen LogP contribution in [0.2, 0.25) is 0 Å². The summed E-state index contributed by atoms with van der Waals surface area (Å²) in [5.41, 5.74) is 0.573. The number of nitrogens with zero attached hydrogens (tertiary/aromatic N) is 1. The van der Waals surface area contributed by atoms with Gasteiger partial charge in [-0.15, -0.1) is 0 Å². The van der Waals surface area contributed by atoms with Crippen LogP contribution in [0.3, 0.4) is 0 Å². The van der Waals surface area contributed by atoms with Crippen LogP contribution < -0.4 is 0 Å². The van der Waals surface area contributed by atoms with E-state index in [9.17, 15) is 9.59 Å². The second-order valence-corrected chi connectivity index (χ2v) is 3.08. The molecule has 0 aromatic carbocycles. The monoisotopic (exact) mass is 207 g/mol. The van der Waals surface area contributed by atoms with Gasteiger partial charge in [0, 0.05) is 12.4 Å². The predicted octanol–water partition coefficient (Wildman–Crippen LogP) is 1.32. The number of ketones is 1. The minimum atomic E-state index is -0.848. The summed E-state index contributed by atoms with van der Waals surface area (Å²) in [6.07, 6.45) is 3.09. The zero-order chi connectivity index (χ0) is 11.3. The summed E-state index contributed by atoms with van der Waals surface area (Å²) >= 11 is 0. The molecule has 1 rings (SSSR count). The molecule has 15 heavy (non-hydrogen) atoms. The summed E-state index contributed by atoms with van der Waals surface area (Å²) < 4.78 is 4.83. The number of carbonyl (C=O) groups excluding carboxylic acids is 2. The Morgan fingerprint density at radius 1 is 1.53 bits per heavy atom. The lowest BCUT2D eigenvalue weighted by molar-refractivity contribution is -0.147. The van der Waals surface area contributed by atoms with E-state index in [1.54, 1.807) is 25.3 Å². The van der Waals surface area contributed by atoms with Gasteiger partial charge in [0.25, 0.3) is 0 Å². The van der Waals surface area contributed by atoms with Crippen LogP contribution in [-0.2, 0) is 14.3 Å². The van der Waals surface area contributed by atoms with Crippen molar-refractivity contribution in [2.24, 2.45) is 0 Å². The highest BCUT2D eigenvalue weighted by Crippen LogP contribution is 2.17. The van der Waals surface area contributed by atoms with Crippen LogP contribution in [-0.4, -0.2) is 23.3 Å². The number of carbonyl (C=O) groups is 2. The molecule has 1 heterocycles. The van der Waals surface area contributed by atoms with Crippen molar-refractivity contribution in [1.82, 2.24) is 4.98 Å². The Morgan fingerprint density at radius 2 is 2.27 bits per heavy atom. The van der Waals surface area contributed by atoms with Crippen LogP contribution >= 0.6 is 0 Å². The third-order valence-corrected chi connectivity index (χ3v) is 1.95. The summed E-state index contributed by atoms with van der Waals surface area (Å²) in [5.74, 6) is -1.60. The second kappa shape index (κ2) is 5.24. The molecule has 4 heteroatoms. The molecule has 0 aliphatic carbocycles. The minimum Gasteiger partial charge on any atom is -0.465 e. The lowest BCUT2D eigenvalue weighted by atomic mass is 9.97. The number of esters is 1. The fourth-order valence-corrected chi connectivity index (χ4v) is 1.31. The maximum atomic E-state index is 11.5. The zero-order valence-electron chi connectivity index (χ0n) is 8.77. The molecule has 4 nitrogen and oxygen atoms in total. The van der Waals surface area contributed by atoms with Gasteiger partial charge in [0.1, 0.15) is 11.7 Å². The molecule has 0 amide bonds.